The third-order valence-electron chi connectivity index (χ3n) is 5.76. The zero-order valence-electron chi connectivity index (χ0n) is 16.9. The fraction of sp³-hybridized carbons (Fsp3) is 0.391. The minimum absolute atomic E-state index is 0.222. The van der Waals surface area contributed by atoms with Crippen molar-refractivity contribution in [2.45, 2.75) is 33.6 Å². The van der Waals surface area contributed by atoms with Gasteiger partial charge in [0.1, 0.15) is 0 Å². The minimum Gasteiger partial charge on any atom is -0.345 e. The summed E-state index contributed by atoms with van der Waals surface area (Å²) in [7, 11) is 0. The molecule has 1 amide bonds. The van der Waals surface area contributed by atoms with Gasteiger partial charge in [0.2, 0.25) is 5.91 Å². The van der Waals surface area contributed by atoms with Gasteiger partial charge in [-0.05, 0) is 48.6 Å². The number of piperazine rings is 1. The van der Waals surface area contributed by atoms with Gasteiger partial charge >= 0.3 is 0 Å². The third-order valence-corrected chi connectivity index (χ3v) is 6.84. The molecular weight excluding hydrogens is 366 g/mol. The van der Waals surface area contributed by atoms with E-state index in [9.17, 15) is 4.79 Å². The molecule has 28 heavy (non-hydrogen) atoms. The van der Waals surface area contributed by atoms with E-state index in [2.05, 4.69) is 62.1 Å². The molecule has 5 heteroatoms. The van der Waals surface area contributed by atoms with Crippen molar-refractivity contribution in [2.75, 3.05) is 31.1 Å². The number of carbonyl (C=O) groups is 1. The van der Waals surface area contributed by atoms with E-state index in [-0.39, 0.29) is 5.91 Å². The van der Waals surface area contributed by atoms with Gasteiger partial charge in [0.15, 0.2) is 5.13 Å². The fourth-order valence-electron chi connectivity index (χ4n) is 3.68. The van der Waals surface area contributed by atoms with Crippen molar-refractivity contribution >= 4 is 32.6 Å². The Hall–Kier alpha value is -2.40. The topological polar surface area (TPSA) is 36.4 Å². The van der Waals surface area contributed by atoms with Gasteiger partial charge in [-0.1, -0.05) is 48.6 Å². The molecule has 0 atom stereocenters. The average molecular weight is 394 g/mol. The quantitative estimate of drug-likeness (QED) is 0.660. The molecule has 1 aromatic heterocycles. The summed E-state index contributed by atoms with van der Waals surface area (Å²) in [6.07, 6.45) is 1.52. The molecule has 2 aromatic carbocycles. The van der Waals surface area contributed by atoms with Crippen molar-refractivity contribution < 1.29 is 4.79 Å². The zero-order valence-corrected chi connectivity index (χ0v) is 17.7. The molecule has 3 aromatic rings. The van der Waals surface area contributed by atoms with E-state index in [4.69, 9.17) is 4.98 Å². The van der Waals surface area contributed by atoms with E-state index in [1.165, 1.54) is 21.4 Å². The molecule has 1 aliphatic rings. The first-order valence-corrected chi connectivity index (χ1v) is 10.8. The molecule has 0 radical (unpaired) electrons. The fourth-order valence-corrected chi connectivity index (χ4v) is 4.75. The maximum atomic E-state index is 12.7. The van der Waals surface area contributed by atoms with Gasteiger partial charge in [-0.25, -0.2) is 4.98 Å². The van der Waals surface area contributed by atoms with E-state index in [1.54, 1.807) is 11.3 Å². The Morgan fingerprint density at radius 3 is 2.36 bits per heavy atom. The molecule has 0 aliphatic carbocycles. The van der Waals surface area contributed by atoms with Crippen LogP contribution in [0.3, 0.4) is 0 Å². The van der Waals surface area contributed by atoms with Crippen LogP contribution in [-0.2, 0) is 17.6 Å². The number of benzene rings is 2. The van der Waals surface area contributed by atoms with E-state index >= 15 is 0 Å². The largest absolute Gasteiger partial charge is 0.345 e. The second-order valence-corrected chi connectivity index (χ2v) is 8.57. The number of aryl methyl sites for hydroxylation is 3. The number of amides is 1. The molecule has 0 unspecified atom stereocenters. The van der Waals surface area contributed by atoms with Gasteiger partial charge in [0.05, 0.1) is 16.6 Å². The highest BCUT2D eigenvalue weighted by molar-refractivity contribution is 7.22. The number of carbonyl (C=O) groups excluding carboxylic acids is 1. The summed E-state index contributed by atoms with van der Waals surface area (Å²) in [5.74, 6) is 0.222. The maximum absolute atomic E-state index is 12.7. The van der Waals surface area contributed by atoms with Crippen molar-refractivity contribution in [3.8, 4) is 0 Å². The predicted molar refractivity (Wildman–Crippen MR) is 117 cm³/mol. The normalized spacial score (nSPS) is 14.7. The van der Waals surface area contributed by atoms with Crippen LogP contribution in [0.2, 0.25) is 0 Å². The van der Waals surface area contributed by atoms with Crippen molar-refractivity contribution in [1.82, 2.24) is 9.88 Å². The summed E-state index contributed by atoms with van der Waals surface area (Å²) in [5, 5.41) is 1.07. The predicted octanol–water partition coefficient (Wildman–Crippen LogP) is 4.37. The Morgan fingerprint density at radius 1 is 1.00 bits per heavy atom. The number of anilines is 1. The van der Waals surface area contributed by atoms with Crippen LogP contribution < -0.4 is 4.90 Å². The van der Waals surface area contributed by atoms with Gasteiger partial charge in [0.25, 0.3) is 0 Å². The lowest BCUT2D eigenvalue weighted by Gasteiger charge is -2.34. The van der Waals surface area contributed by atoms with Crippen molar-refractivity contribution in [3.05, 3.63) is 58.7 Å². The molecule has 146 valence electrons. The molecule has 1 fully saturated rings. The first-order chi connectivity index (χ1) is 13.5. The van der Waals surface area contributed by atoms with Crippen LogP contribution in [0, 0.1) is 13.8 Å². The van der Waals surface area contributed by atoms with Crippen molar-refractivity contribution in [2.24, 2.45) is 0 Å². The Balaban J connectivity index is 1.38. The molecule has 1 saturated heterocycles. The number of fused-ring (bicyclic) bond motifs is 1. The van der Waals surface area contributed by atoms with Crippen LogP contribution in [0.25, 0.3) is 10.2 Å². The molecule has 0 saturated carbocycles. The lowest BCUT2D eigenvalue weighted by molar-refractivity contribution is -0.130. The summed E-state index contributed by atoms with van der Waals surface area (Å²) in [4.78, 5) is 21.9. The number of hydrogen-bond donors (Lipinski definition) is 0. The average Bonchev–Trinajstić information content (AvgIpc) is 3.16. The van der Waals surface area contributed by atoms with Crippen LogP contribution in [0.15, 0.2) is 36.4 Å². The lowest BCUT2D eigenvalue weighted by atomic mass is 10.1. The molecular formula is C23H27N3OS. The highest BCUT2D eigenvalue weighted by Gasteiger charge is 2.23. The number of thiazole rings is 1. The van der Waals surface area contributed by atoms with Gasteiger partial charge < -0.3 is 9.80 Å². The van der Waals surface area contributed by atoms with Crippen molar-refractivity contribution in [1.29, 1.82) is 0 Å². The molecule has 4 rings (SSSR count). The summed E-state index contributed by atoms with van der Waals surface area (Å²) in [6, 6.07) is 12.7. The van der Waals surface area contributed by atoms with Gasteiger partial charge in [-0.15, -0.1) is 0 Å². The molecule has 1 aliphatic heterocycles. The summed E-state index contributed by atoms with van der Waals surface area (Å²) >= 11 is 1.75. The standard InChI is InChI=1S/C23H27N3OS/c1-4-18-6-8-19(9-7-18)15-21(27)25-11-13-26(14-12-25)23-24-22-17(3)16(2)5-10-20(22)28-23/h5-10H,4,11-15H2,1-3H3. The minimum atomic E-state index is 0.222. The Kier molecular flexibility index (Phi) is 5.36. The van der Waals surface area contributed by atoms with Crippen molar-refractivity contribution in [3.63, 3.8) is 0 Å². The molecule has 0 spiro atoms. The Labute approximate surface area is 170 Å². The van der Waals surface area contributed by atoms with E-state index in [0.717, 1.165) is 48.8 Å². The number of nitrogens with zero attached hydrogens (tertiary/aromatic N) is 3. The second-order valence-electron chi connectivity index (χ2n) is 7.57. The SMILES string of the molecule is CCc1ccc(CC(=O)N2CCN(c3nc4c(C)c(C)ccc4s3)CC2)cc1. The lowest BCUT2D eigenvalue weighted by Crippen LogP contribution is -2.49. The van der Waals surface area contributed by atoms with Crippen LogP contribution >= 0.6 is 11.3 Å². The third kappa shape index (κ3) is 3.76. The molecule has 0 bridgehead atoms. The highest BCUT2D eigenvalue weighted by Crippen LogP contribution is 2.32. The van der Waals surface area contributed by atoms with Crippen LogP contribution in [0.1, 0.15) is 29.2 Å². The van der Waals surface area contributed by atoms with Crippen LogP contribution in [0.5, 0.6) is 0 Å². The van der Waals surface area contributed by atoms with Gasteiger partial charge in [0, 0.05) is 26.2 Å². The summed E-state index contributed by atoms with van der Waals surface area (Å²) < 4.78 is 1.24. The van der Waals surface area contributed by atoms with Crippen LogP contribution in [0.4, 0.5) is 5.13 Å². The molecule has 0 N–H and O–H groups in total. The Bertz CT molecular complexity index is 985. The van der Waals surface area contributed by atoms with Gasteiger partial charge in [-0.3, -0.25) is 4.79 Å². The van der Waals surface area contributed by atoms with Gasteiger partial charge in [-0.2, -0.15) is 0 Å². The number of aromatic nitrogens is 1. The number of hydrogen-bond acceptors (Lipinski definition) is 4. The number of rotatable bonds is 4. The Morgan fingerprint density at radius 2 is 1.68 bits per heavy atom. The smallest absolute Gasteiger partial charge is 0.227 e. The monoisotopic (exact) mass is 393 g/mol. The molecule has 4 nitrogen and oxygen atoms in total. The zero-order chi connectivity index (χ0) is 19.7. The van der Waals surface area contributed by atoms with E-state index in [1.807, 2.05) is 4.90 Å². The van der Waals surface area contributed by atoms with E-state index < -0.39 is 0 Å². The second kappa shape index (κ2) is 7.92. The summed E-state index contributed by atoms with van der Waals surface area (Å²) in [6.45, 7) is 9.64. The molecule has 2 heterocycles. The highest BCUT2D eigenvalue weighted by atomic mass is 32.1. The first kappa shape index (κ1) is 18.9. The maximum Gasteiger partial charge on any atom is 0.227 e. The first-order valence-electron chi connectivity index (χ1n) is 10.0. The van der Waals surface area contributed by atoms with Crippen LogP contribution in [-0.4, -0.2) is 42.0 Å². The summed E-state index contributed by atoms with van der Waals surface area (Å²) in [5.41, 5.74) is 6.08. The van der Waals surface area contributed by atoms with E-state index in [0.29, 0.717) is 6.42 Å².